The van der Waals surface area contributed by atoms with Gasteiger partial charge in [-0.1, -0.05) is 17.7 Å². The van der Waals surface area contributed by atoms with Crippen LogP contribution in [0.1, 0.15) is 5.89 Å². The van der Waals surface area contributed by atoms with E-state index in [1.807, 2.05) is 4.72 Å². The number of alkyl halides is 3. The minimum Gasteiger partial charge on any atom is -0.433 e. The Morgan fingerprint density at radius 2 is 1.93 bits per heavy atom. The van der Waals surface area contributed by atoms with E-state index >= 15 is 0 Å². The standard InChI is InChI=1S/C14H7ClF3N3O5S/c15-7-4-5-11(9(6-7)21(22)23)27(24,25)20-8-2-1-3-10-12(8)19-13(26-10)14(16,17)18/h1-6,20H. The zero-order valence-corrected chi connectivity index (χ0v) is 14.4. The number of sulfonamides is 1. The third-order valence-electron chi connectivity index (χ3n) is 3.31. The van der Waals surface area contributed by atoms with E-state index in [1.54, 1.807) is 0 Å². The van der Waals surface area contributed by atoms with E-state index < -0.39 is 43.1 Å². The molecular formula is C14H7ClF3N3O5S. The maximum absolute atomic E-state index is 12.8. The fourth-order valence-electron chi connectivity index (χ4n) is 2.21. The maximum atomic E-state index is 12.8. The molecule has 0 spiro atoms. The van der Waals surface area contributed by atoms with E-state index in [4.69, 9.17) is 11.6 Å². The molecule has 2 aromatic carbocycles. The molecule has 0 aliphatic carbocycles. The van der Waals surface area contributed by atoms with Crippen molar-refractivity contribution in [2.24, 2.45) is 0 Å². The zero-order chi connectivity index (χ0) is 20.0. The number of halogens is 4. The first-order valence-electron chi connectivity index (χ1n) is 6.92. The fourth-order valence-corrected chi connectivity index (χ4v) is 3.60. The largest absolute Gasteiger partial charge is 0.468 e. The van der Waals surface area contributed by atoms with Gasteiger partial charge < -0.3 is 4.42 Å². The number of oxazole rings is 1. The highest BCUT2D eigenvalue weighted by atomic mass is 35.5. The normalized spacial score (nSPS) is 12.3. The Kier molecular flexibility index (Phi) is 4.48. The highest BCUT2D eigenvalue weighted by Crippen LogP contribution is 2.35. The lowest BCUT2D eigenvalue weighted by Crippen LogP contribution is -2.15. The molecule has 0 aliphatic heterocycles. The molecule has 0 amide bonds. The second-order valence-electron chi connectivity index (χ2n) is 5.14. The van der Waals surface area contributed by atoms with Crippen molar-refractivity contribution >= 4 is 44.1 Å². The maximum Gasteiger partial charge on any atom is 0.468 e. The second kappa shape index (κ2) is 6.39. The van der Waals surface area contributed by atoms with E-state index in [9.17, 15) is 31.7 Å². The Balaban J connectivity index is 2.10. The van der Waals surface area contributed by atoms with E-state index in [1.165, 1.54) is 12.1 Å². The van der Waals surface area contributed by atoms with Crippen LogP contribution in [0.3, 0.4) is 0 Å². The second-order valence-corrected chi connectivity index (χ2v) is 7.23. The molecule has 0 saturated heterocycles. The molecule has 0 aliphatic rings. The number of nitro benzene ring substituents is 1. The van der Waals surface area contributed by atoms with Gasteiger partial charge in [0.15, 0.2) is 10.5 Å². The first kappa shape index (κ1) is 18.9. The molecule has 0 saturated carbocycles. The molecule has 1 N–H and O–H groups in total. The van der Waals surface area contributed by atoms with Crippen LogP contribution in [0, 0.1) is 10.1 Å². The van der Waals surface area contributed by atoms with Crippen molar-refractivity contribution in [1.29, 1.82) is 0 Å². The number of benzene rings is 2. The van der Waals surface area contributed by atoms with Crippen LogP contribution >= 0.6 is 11.6 Å². The molecule has 13 heteroatoms. The Morgan fingerprint density at radius 3 is 2.56 bits per heavy atom. The van der Waals surface area contributed by atoms with Crippen molar-refractivity contribution in [2.45, 2.75) is 11.1 Å². The van der Waals surface area contributed by atoms with Crippen LogP contribution in [-0.2, 0) is 16.2 Å². The average molecular weight is 422 g/mol. The molecular weight excluding hydrogens is 415 g/mol. The summed E-state index contributed by atoms with van der Waals surface area (Å²) in [7, 11) is -4.54. The first-order valence-corrected chi connectivity index (χ1v) is 8.78. The van der Waals surface area contributed by atoms with Crippen LogP contribution in [0.15, 0.2) is 45.7 Å². The van der Waals surface area contributed by atoms with Crippen molar-refractivity contribution in [3.63, 3.8) is 0 Å². The van der Waals surface area contributed by atoms with Gasteiger partial charge in [-0.3, -0.25) is 14.8 Å². The van der Waals surface area contributed by atoms with E-state index in [-0.39, 0.29) is 16.3 Å². The van der Waals surface area contributed by atoms with Crippen LogP contribution in [0.5, 0.6) is 0 Å². The molecule has 8 nitrogen and oxygen atoms in total. The SMILES string of the molecule is O=[N+]([O-])c1cc(Cl)ccc1S(=O)(=O)Nc1cccc2oc(C(F)(F)F)nc12. The van der Waals surface area contributed by atoms with Gasteiger partial charge in [-0.2, -0.15) is 13.2 Å². The molecule has 27 heavy (non-hydrogen) atoms. The minimum atomic E-state index is -4.87. The predicted molar refractivity (Wildman–Crippen MR) is 87.9 cm³/mol. The number of nitrogens with zero attached hydrogens (tertiary/aromatic N) is 2. The van der Waals surface area contributed by atoms with Gasteiger partial charge in [0.2, 0.25) is 0 Å². The smallest absolute Gasteiger partial charge is 0.433 e. The Bertz CT molecular complexity index is 1160. The van der Waals surface area contributed by atoms with Crippen molar-refractivity contribution in [2.75, 3.05) is 4.72 Å². The van der Waals surface area contributed by atoms with Crippen molar-refractivity contribution in [3.05, 3.63) is 57.4 Å². The highest BCUT2D eigenvalue weighted by molar-refractivity contribution is 7.92. The predicted octanol–water partition coefficient (Wildman–Crippen LogP) is 4.21. The third-order valence-corrected chi connectivity index (χ3v) is 4.96. The van der Waals surface area contributed by atoms with Crippen LogP contribution in [-0.4, -0.2) is 18.3 Å². The Labute approximate surface area is 153 Å². The topological polar surface area (TPSA) is 115 Å². The number of fused-ring (bicyclic) bond motifs is 1. The van der Waals surface area contributed by atoms with E-state index in [0.29, 0.717) is 0 Å². The lowest BCUT2D eigenvalue weighted by atomic mass is 10.3. The average Bonchev–Trinajstić information content (AvgIpc) is 3.00. The molecule has 0 unspecified atom stereocenters. The van der Waals surface area contributed by atoms with Gasteiger partial charge in [-0.25, -0.2) is 13.4 Å². The molecule has 3 rings (SSSR count). The lowest BCUT2D eigenvalue weighted by molar-refractivity contribution is -0.387. The van der Waals surface area contributed by atoms with Gasteiger partial charge in [-0.15, -0.1) is 0 Å². The highest BCUT2D eigenvalue weighted by Gasteiger charge is 2.38. The third kappa shape index (κ3) is 3.66. The van der Waals surface area contributed by atoms with Crippen molar-refractivity contribution in [3.8, 4) is 0 Å². The summed E-state index contributed by atoms with van der Waals surface area (Å²) in [6, 6.07) is 6.43. The monoisotopic (exact) mass is 421 g/mol. The van der Waals surface area contributed by atoms with Gasteiger partial charge in [0, 0.05) is 11.1 Å². The summed E-state index contributed by atoms with van der Waals surface area (Å²) in [4.78, 5) is 12.7. The fraction of sp³-hybridized carbons (Fsp3) is 0.0714. The van der Waals surface area contributed by atoms with Crippen molar-refractivity contribution in [1.82, 2.24) is 4.98 Å². The van der Waals surface area contributed by atoms with Crippen molar-refractivity contribution < 1.29 is 30.9 Å². The molecule has 1 heterocycles. The van der Waals surface area contributed by atoms with Gasteiger partial charge in [-0.05, 0) is 24.3 Å². The number of rotatable bonds is 4. The summed E-state index contributed by atoms with van der Waals surface area (Å²) < 4.78 is 69.9. The summed E-state index contributed by atoms with van der Waals surface area (Å²) >= 11 is 5.65. The number of para-hydroxylation sites is 1. The number of hydrogen-bond acceptors (Lipinski definition) is 6. The Morgan fingerprint density at radius 1 is 1.22 bits per heavy atom. The summed E-state index contributed by atoms with van der Waals surface area (Å²) in [5, 5.41) is 11.0. The summed E-state index contributed by atoms with van der Waals surface area (Å²) in [5.74, 6) is -1.55. The number of anilines is 1. The minimum absolute atomic E-state index is 0.0610. The quantitative estimate of drug-likeness (QED) is 0.498. The van der Waals surface area contributed by atoms with Crippen LogP contribution in [0.4, 0.5) is 24.5 Å². The summed E-state index contributed by atoms with van der Waals surface area (Å²) in [6.07, 6.45) is -4.87. The van der Waals surface area contributed by atoms with Crippen LogP contribution < -0.4 is 4.72 Å². The molecule has 3 aromatic rings. The molecule has 142 valence electrons. The molecule has 1 aromatic heterocycles. The van der Waals surface area contributed by atoms with Gasteiger partial charge in [0.05, 0.1) is 10.6 Å². The number of nitrogens with one attached hydrogen (secondary N) is 1. The number of aromatic nitrogens is 1. The summed E-state index contributed by atoms with van der Waals surface area (Å²) in [6.45, 7) is 0. The van der Waals surface area contributed by atoms with Gasteiger partial charge in [0.1, 0.15) is 5.52 Å². The first-order chi connectivity index (χ1) is 12.5. The van der Waals surface area contributed by atoms with Gasteiger partial charge in [0.25, 0.3) is 15.7 Å². The molecule has 0 atom stereocenters. The Hall–Kier alpha value is -2.86. The number of nitro groups is 1. The summed E-state index contributed by atoms with van der Waals surface area (Å²) in [5.41, 5.74) is -1.84. The van der Waals surface area contributed by atoms with E-state index in [2.05, 4.69) is 9.40 Å². The van der Waals surface area contributed by atoms with Crippen LogP contribution in [0.2, 0.25) is 5.02 Å². The molecule has 0 fully saturated rings. The lowest BCUT2D eigenvalue weighted by Gasteiger charge is -2.09. The van der Waals surface area contributed by atoms with Gasteiger partial charge >= 0.3 is 12.1 Å². The zero-order valence-electron chi connectivity index (χ0n) is 12.8. The molecule has 0 bridgehead atoms. The number of hydrogen-bond donors (Lipinski definition) is 1. The molecule has 0 radical (unpaired) electrons. The van der Waals surface area contributed by atoms with Crippen LogP contribution in [0.25, 0.3) is 11.1 Å². The van der Waals surface area contributed by atoms with E-state index in [0.717, 1.165) is 24.3 Å².